The molecule has 1 aromatic heterocycles. The lowest BCUT2D eigenvalue weighted by Gasteiger charge is -2.14. The van der Waals surface area contributed by atoms with Gasteiger partial charge in [0.05, 0.1) is 17.6 Å². The number of aromatic nitrogens is 2. The molecule has 0 amide bonds. The summed E-state index contributed by atoms with van der Waals surface area (Å²) in [5.74, 6) is 1.10. The molecule has 2 aromatic rings. The van der Waals surface area contributed by atoms with E-state index in [0.717, 1.165) is 22.4 Å². The number of fused-ring (bicyclic) bond motifs is 1. The van der Waals surface area contributed by atoms with Crippen LogP contribution in [0.25, 0.3) is 11.0 Å². The highest BCUT2D eigenvalue weighted by molar-refractivity contribution is 9.10. The maximum Gasteiger partial charge on any atom is 0.124 e. The monoisotopic (exact) mass is 309 g/mol. The molecule has 1 aromatic carbocycles. The number of hydrogen-bond acceptors (Lipinski definition) is 2. The first kappa shape index (κ1) is 13.6. The minimum atomic E-state index is 0.417. The van der Waals surface area contributed by atoms with Gasteiger partial charge in [0, 0.05) is 16.6 Å². The van der Waals surface area contributed by atoms with Gasteiger partial charge in [-0.2, -0.15) is 0 Å². The van der Waals surface area contributed by atoms with Crippen molar-refractivity contribution in [3.05, 3.63) is 28.5 Å². The van der Waals surface area contributed by atoms with Crippen LogP contribution in [0, 0.1) is 0 Å². The van der Waals surface area contributed by atoms with Crippen LogP contribution in [0.2, 0.25) is 0 Å². The standard InChI is InChI=1S/C14H20BrN3/c1-9(2)16-8-14-17-12-7-11(15)5-6-13(12)18(14)10(3)4/h5-7,9-10,16H,8H2,1-4H3. The summed E-state index contributed by atoms with van der Waals surface area (Å²) in [4.78, 5) is 4.74. The molecule has 1 N–H and O–H groups in total. The van der Waals surface area contributed by atoms with Gasteiger partial charge in [-0.05, 0) is 32.0 Å². The van der Waals surface area contributed by atoms with E-state index in [1.807, 2.05) is 0 Å². The fraction of sp³-hybridized carbons (Fsp3) is 0.500. The zero-order chi connectivity index (χ0) is 13.3. The van der Waals surface area contributed by atoms with Gasteiger partial charge in [0.2, 0.25) is 0 Å². The molecule has 0 aliphatic carbocycles. The molecule has 0 bridgehead atoms. The van der Waals surface area contributed by atoms with Crippen molar-refractivity contribution in [1.82, 2.24) is 14.9 Å². The highest BCUT2D eigenvalue weighted by atomic mass is 79.9. The second-order valence-corrected chi connectivity index (χ2v) is 6.08. The van der Waals surface area contributed by atoms with E-state index < -0.39 is 0 Å². The van der Waals surface area contributed by atoms with Gasteiger partial charge in [-0.25, -0.2) is 4.98 Å². The van der Waals surface area contributed by atoms with Crippen LogP contribution < -0.4 is 5.32 Å². The molecular formula is C14H20BrN3. The van der Waals surface area contributed by atoms with Crippen LogP contribution in [0.4, 0.5) is 0 Å². The fourth-order valence-electron chi connectivity index (χ4n) is 2.12. The van der Waals surface area contributed by atoms with E-state index in [2.05, 4.69) is 71.7 Å². The first-order valence-corrected chi connectivity index (χ1v) is 7.18. The normalized spacial score (nSPS) is 11.9. The van der Waals surface area contributed by atoms with Crippen LogP contribution in [0.5, 0.6) is 0 Å². The van der Waals surface area contributed by atoms with Crippen LogP contribution in [0.3, 0.4) is 0 Å². The summed E-state index contributed by atoms with van der Waals surface area (Å²) in [5.41, 5.74) is 2.26. The van der Waals surface area contributed by atoms with Crippen molar-refractivity contribution in [1.29, 1.82) is 0 Å². The highest BCUT2D eigenvalue weighted by Gasteiger charge is 2.13. The largest absolute Gasteiger partial charge is 0.324 e. The Labute approximate surface area is 117 Å². The number of nitrogens with one attached hydrogen (secondary N) is 1. The van der Waals surface area contributed by atoms with Crippen molar-refractivity contribution in [2.45, 2.75) is 46.3 Å². The van der Waals surface area contributed by atoms with E-state index >= 15 is 0 Å². The SMILES string of the molecule is CC(C)NCc1nc2cc(Br)ccc2n1C(C)C. The number of halogens is 1. The molecule has 0 spiro atoms. The number of imidazole rings is 1. The van der Waals surface area contributed by atoms with Gasteiger partial charge in [0.25, 0.3) is 0 Å². The number of nitrogens with zero attached hydrogens (tertiary/aromatic N) is 2. The first-order chi connectivity index (χ1) is 8.49. The topological polar surface area (TPSA) is 29.9 Å². The van der Waals surface area contributed by atoms with Crippen LogP contribution in [0.15, 0.2) is 22.7 Å². The van der Waals surface area contributed by atoms with Crippen LogP contribution >= 0.6 is 15.9 Å². The van der Waals surface area contributed by atoms with E-state index in [-0.39, 0.29) is 0 Å². The number of hydrogen-bond donors (Lipinski definition) is 1. The third-order valence-corrected chi connectivity index (χ3v) is 3.40. The van der Waals surface area contributed by atoms with E-state index in [4.69, 9.17) is 4.98 Å². The molecule has 98 valence electrons. The van der Waals surface area contributed by atoms with Gasteiger partial charge in [-0.1, -0.05) is 29.8 Å². The minimum Gasteiger partial charge on any atom is -0.324 e. The summed E-state index contributed by atoms with van der Waals surface area (Å²) in [6, 6.07) is 7.17. The molecule has 4 heteroatoms. The summed E-state index contributed by atoms with van der Waals surface area (Å²) in [7, 11) is 0. The van der Waals surface area contributed by atoms with Crippen molar-refractivity contribution in [3.8, 4) is 0 Å². The van der Waals surface area contributed by atoms with Gasteiger partial charge in [-0.3, -0.25) is 0 Å². The Bertz CT molecular complexity index is 543. The smallest absolute Gasteiger partial charge is 0.124 e. The maximum atomic E-state index is 4.74. The average Bonchev–Trinajstić information content (AvgIpc) is 2.63. The van der Waals surface area contributed by atoms with E-state index in [1.54, 1.807) is 0 Å². The van der Waals surface area contributed by atoms with E-state index in [9.17, 15) is 0 Å². The number of rotatable bonds is 4. The molecule has 0 unspecified atom stereocenters. The Morgan fingerprint density at radius 2 is 2.00 bits per heavy atom. The predicted octanol–water partition coefficient (Wildman–Crippen LogP) is 3.88. The van der Waals surface area contributed by atoms with Crippen molar-refractivity contribution in [2.75, 3.05) is 0 Å². The summed E-state index contributed by atoms with van der Waals surface area (Å²) >= 11 is 3.50. The summed E-state index contributed by atoms with van der Waals surface area (Å²) < 4.78 is 3.38. The molecule has 18 heavy (non-hydrogen) atoms. The Morgan fingerprint density at radius 1 is 1.28 bits per heavy atom. The molecule has 0 fully saturated rings. The van der Waals surface area contributed by atoms with E-state index in [0.29, 0.717) is 12.1 Å². The molecule has 0 atom stereocenters. The summed E-state index contributed by atoms with van der Waals surface area (Å²) in [6.07, 6.45) is 0. The van der Waals surface area contributed by atoms with Crippen LogP contribution in [-0.4, -0.2) is 15.6 Å². The van der Waals surface area contributed by atoms with Crippen molar-refractivity contribution < 1.29 is 0 Å². The number of benzene rings is 1. The second-order valence-electron chi connectivity index (χ2n) is 5.16. The molecule has 0 aliphatic rings. The zero-order valence-electron chi connectivity index (χ0n) is 11.4. The van der Waals surface area contributed by atoms with E-state index in [1.165, 1.54) is 5.52 Å². The third-order valence-electron chi connectivity index (χ3n) is 2.91. The quantitative estimate of drug-likeness (QED) is 0.929. The molecule has 3 nitrogen and oxygen atoms in total. The van der Waals surface area contributed by atoms with Gasteiger partial charge in [-0.15, -0.1) is 0 Å². The highest BCUT2D eigenvalue weighted by Crippen LogP contribution is 2.24. The van der Waals surface area contributed by atoms with Crippen LogP contribution in [0.1, 0.15) is 39.6 Å². The van der Waals surface area contributed by atoms with Crippen LogP contribution in [-0.2, 0) is 6.54 Å². The lowest BCUT2D eigenvalue weighted by atomic mass is 10.3. The van der Waals surface area contributed by atoms with Gasteiger partial charge < -0.3 is 9.88 Å². The minimum absolute atomic E-state index is 0.417. The van der Waals surface area contributed by atoms with Crippen molar-refractivity contribution >= 4 is 27.0 Å². The van der Waals surface area contributed by atoms with Gasteiger partial charge >= 0.3 is 0 Å². The molecule has 1 heterocycles. The Kier molecular flexibility index (Phi) is 4.07. The van der Waals surface area contributed by atoms with Gasteiger partial charge in [0.15, 0.2) is 0 Å². The summed E-state index contributed by atoms with van der Waals surface area (Å²) in [6.45, 7) is 9.50. The Morgan fingerprint density at radius 3 is 2.61 bits per heavy atom. The van der Waals surface area contributed by atoms with Crippen molar-refractivity contribution in [2.24, 2.45) is 0 Å². The predicted molar refractivity (Wildman–Crippen MR) is 79.8 cm³/mol. The molecular weight excluding hydrogens is 290 g/mol. The first-order valence-electron chi connectivity index (χ1n) is 6.38. The zero-order valence-corrected chi connectivity index (χ0v) is 13.0. The molecule has 2 rings (SSSR count). The Hall–Kier alpha value is -0.870. The fourth-order valence-corrected chi connectivity index (χ4v) is 2.47. The molecule has 0 saturated carbocycles. The Balaban J connectivity index is 2.47. The lowest BCUT2D eigenvalue weighted by molar-refractivity contribution is 0.524. The van der Waals surface area contributed by atoms with Crippen molar-refractivity contribution in [3.63, 3.8) is 0 Å². The van der Waals surface area contributed by atoms with Gasteiger partial charge in [0.1, 0.15) is 5.82 Å². The average molecular weight is 310 g/mol. The summed E-state index contributed by atoms with van der Waals surface area (Å²) in [5, 5.41) is 3.44. The second kappa shape index (κ2) is 5.41. The molecule has 0 saturated heterocycles. The molecule has 0 aliphatic heterocycles. The lowest BCUT2D eigenvalue weighted by Crippen LogP contribution is -2.24. The maximum absolute atomic E-state index is 4.74. The third kappa shape index (κ3) is 2.75. The molecule has 0 radical (unpaired) electrons.